The molecule has 0 aromatic heterocycles. The number of ether oxygens (including phenoxy) is 1. The first-order valence-electron chi connectivity index (χ1n) is 6.36. The molecule has 0 unspecified atom stereocenters. The number of cyclic esters (lactones) is 1. The fourth-order valence-electron chi connectivity index (χ4n) is 2.55. The van der Waals surface area contributed by atoms with Gasteiger partial charge in [0.1, 0.15) is 6.61 Å². The second-order valence-electron chi connectivity index (χ2n) is 4.99. The predicted molar refractivity (Wildman–Crippen MR) is 62.4 cm³/mol. The molecule has 2 fully saturated rings. The molecule has 2 aliphatic rings. The van der Waals surface area contributed by atoms with E-state index in [0.29, 0.717) is 6.61 Å². The first-order chi connectivity index (χ1) is 7.75. The van der Waals surface area contributed by atoms with Crippen LogP contribution in [0.15, 0.2) is 0 Å². The van der Waals surface area contributed by atoms with Crippen LogP contribution in [0.4, 0.5) is 4.79 Å². The fraction of sp³-hybridized carbons (Fsp3) is 0.917. The lowest BCUT2D eigenvalue weighted by atomic mass is 9.92. The van der Waals surface area contributed by atoms with Gasteiger partial charge in [0.25, 0.3) is 0 Å². The molecule has 0 radical (unpaired) electrons. The summed E-state index contributed by atoms with van der Waals surface area (Å²) < 4.78 is 4.90. The maximum absolute atomic E-state index is 11.2. The van der Waals surface area contributed by atoms with Crippen molar-refractivity contribution in [3.63, 3.8) is 0 Å². The molecule has 0 aromatic carbocycles. The van der Waals surface area contributed by atoms with Crippen LogP contribution in [0, 0.1) is 5.92 Å². The van der Waals surface area contributed by atoms with E-state index in [4.69, 9.17) is 4.74 Å². The number of carbonyl (C=O) groups is 1. The van der Waals surface area contributed by atoms with Gasteiger partial charge in [0.2, 0.25) is 0 Å². The van der Waals surface area contributed by atoms with Crippen molar-refractivity contribution < 1.29 is 9.53 Å². The Balaban J connectivity index is 1.59. The summed E-state index contributed by atoms with van der Waals surface area (Å²) in [4.78, 5) is 15.4. The molecule has 0 N–H and O–H groups in total. The normalized spacial score (nSPS) is 23.8. The Hall–Kier alpha value is -0.770. The molecule has 0 saturated carbocycles. The van der Waals surface area contributed by atoms with E-state index in [2.05, 4.69) is 11.9 Å². The van der Waals surface area contributed by atoms with E-state index in [1.54, 1.807) is 0 Å². The first-order valence-corrected chi connectivity index (χ1v) is 6.36. The number of hydrogen-bond donors (Lipinski definition) is 0. The highest BCUT2D eigenvalue weighted by Gasteiger charge is 2.22. The minimum absolute atomic E-state index is 0.122. The van der Waals surface area contributed by atoms with E-state index in [1.807, 2.05) is 4.90 Å². The molecule has 92 valence electrons. The number of piperidine rings is 1. The van der Waals surface area contributed by atoms with Crippen LogP contribution in [0.25, 0.3) is 0 Å². The molecule has 16 heavy (non-hydrogen) atoms. The standard InChI is InChI=1S/C12H22N2O2/c1-13-7-4-11(5-8-13)3-2-6-14-9-10-16-12(14)15/h11H,2-10H2,1H3. The maximum atomic E-state index is 11.2. The van der Waals surface area contributed by atoms with Gasteiger partial charge >= 0.3 is 6.09 Å². The number of hydrogen-bond acceptors (Lipinski definition) is 3. The van der Waals surface area contributed by atoms with Gasteiger partial charge in [0.05, 0.1) is 6.54 Å². The Morgan fingerprint density at radius 2 is 2.06 bits per heavy atom. The van der Waals surface area contributed by atoms with Crippen LogP contribution in [-0.2, 0) is 4.74 Å². The summed E-state index contributed by atoms with van der Waals surface area (Å²) in [6.45, 7) is 4.71. The Morgan fingerprint density at radius 3 is 2.69 bits per heavy atom. The van der Waals surface area contributed by atoms with E-state index < -0.39 is 0 Å². The van der Waals surface area contributed by atoms with Crippen LogP contribution in [0.1, 0.15) is 25.7 Å². The molecule has 2 heterocycles. The van der Waals surface area contributed by atoms with Crippen LogP contribution < -0.4 is 0 Å². The Labute approximate surface area is 97.5 Å². The summed E-state index contributed by atoms with van der Waals surface area (Å²) in [5.41, 5.74) is 0. The lowest BCUT2D eigenvalue weighted by Gasteiger charge is -2.29. The molecule has 2 saturated heterocycles. The number of likely N-dealkylation sites (tertiary alicyclic amines) is 1. The average Bonchev–Trinajstić information content (AvgIpc) is 2.68. The van der Waals surface area contributed by atoms with Crippen molar-refractivity contribution in [1.29, 1.82) is 0 Å². The van der Waals surface area contributed by atoms with Gasteiger partial charge in [0.15, 0.2) is 0 Å². The first kappa shape index (κ1) is 11.7. The molecule has 1 amide bonds. The number of nitrogens with zero attached hydrogens (tertiary/aromatic N) is 2. The largest absolute Gasteiger partial charge is 0.448 e. The number of amides is 1. The number of rotatable bonds is 4. The third kappa shape index (κ3) is 3.11. The summed E-state index contributed by atoms with van der Waals surface area (Å²) in [6.07, 6.45) is 4.91. The summed E-state index contributed by atoms with van der Waals surface area (Å²) in [5.74, 6) is 0.870. The molecule has 2 rings (SSSR count). The van der Waals surface area contributed by atoms with Crippen LogP contribution in [-0.4, -0.2) is 55.7 Å². The molecule has 0 spiro atoms. The van der Waals surface area contributed by atoms with E-state index in [1.165, 1.54) is 32.4 Å². The van der Waals surface area contributed by atoms with Crippen molar-refractivity contribution in [3.05, 3.63) is 0 Å². The van der Waals surface area contributed by atoms with Gasteiger partial charge in [-0.25, -0.2) is 4.79 Å². The van der Waals surface area contributed by atoms with Crippen molar-refractivity contribution >= 4 is 6.09 Å². The summed E-state index contributed by atoms with van der Waals surface area (Å²) in [7, 11) is 2.19. The Morgan fingerprint density at radius 1 is 1.31 bits per heavy atom. The summed E-state index contributed by atoms with van der Waals surface area (Å²) >= 11 is 0. The molecule has 0 aliphatic carbocycles. The lowest BCUT2D eigenvalue weighted by Crippen LogP contribution is -2.31. The molecular formula is C12H22N2O2. The summed E-state index contributed by atoms with van der Waals surface area (Å²) in [5, 5.41) is 0. The van der Waals surface area contributed by atoms with Crippen molar-refractivity contribution in [2.45, 2.75) is 25.7 Å². The van der Waals surface area contributed by atoms with Crippen LogP contribution >= 0.6 is 0 Å². The molecule has 0 bridgehead atoms. The highest BCUT2D eigenvalue weighted by atomic mass is 16.6. The molecule has 0 atom stereocenters. The van der Waals surface area contributed by atoms with Gasteiger partial charge in [-0.05, 0) is 51.7 Å². The molecule has 4 nitrogen and oxygen atoms in total. The van der Waals surface area contributed by atoms with Crippen LogP contribution in [0.5, 0.6) is 0 Å². The lowest BCUT2D eigenvalue weighted by molar-refractivity contribution is 0.156. The van der Waals surface area contributed by atoms with Gasteiger partial charge in [-0.1, -0.05) is 0 Å². The highest BCUT2D eigenvalue weighted by molar-refractivity contribution is 5.69. The van der Waals surface area contributed by atoms with Gasteiger partial charge in [-0.3, -0.25) is 0 Å². The van der Waals surface area contributed by atoms with Crippen LogP contribution in [0.2, 0.25) is 0 Å². The molecule has 4 heteroatoms. The van der Waals surface area contributed by atoms with Crippen molar-refractivity contribution in [1.82, 2.24) is 9.80 Å². The van der Waals surface area contributed by atoms with Crippen LogP contribution in [0.3, 0.4) is 0 Å². The second-order valence-corrected chi connectivity index (χ2v) is 4.99. The topological polar surface area (TPSA) is 32.8 Å². The third-order valence-electron chi connectivity index (χ3n) is 3.72. The maximum Gasteiger partial charge on any atom is 0.409 e. The molecular weight excluding hydrogens is 204 g/mol. The minimum atomic E-state index is -0.122. The van der Waals surface area contributed by atoms with E-state index in [9.17, 15) is 4.79 Å². The van der Waals surface area contributed by atoms with Crippen molar-refractivity contribution in [2.75, 3.05) is 39.8 Å². The Bertz CT molecular complexity index is 237. The third-order valence-corrected chi connectivity index (χ3v) is 3.72. The zero-order chi connectivity index (χ0) is 11.4. The van der Waals surface area contributed by atoms with Gasteiger partial charge in [0, 0.05) is 6.54 Å². The smallest absolute Gasteiger partial charge is 0.409 e. The monoisotopic (exact) mass is 226 g/mol. The van der Waals surface area contributed by atoms with E-state index >= 15 is 0 Å². The average molecular weight is 226 g/mol. The molecule has 2 aliphatic heterocycles. The summed E-state index contributed by atoms with van der Waals surface area (Å²) in [6, 6.07) is 0. The van der Waals surface area contributed by atoms with Crippen molar-refractivity contribution in [2.24, 2.45) is 5.92 Å². The fourth-order valence-corrected chi connectivity index (χ4v) is 2.55. The van der Waals surface area contributed by atoms with Gasteiger partial charge in [-0.15, -0.1) is 0 Å². The van der Waals surface area contributed by atoms with E-state index in [-0.39, 0.29) is 6.09 Å². The van der Waals surface area contributed by atoms with Gasteiger partial charge < -0.3 is 14.5 Å². The van der Waals surface area contributed by atoms with E-state index in [0.717, 1.165) is 25.4 Å². The predicted octanol–water partition coefficient (Wildman–Crippen LogP) is 1.56. The Kier molecular flexibility index (Phi) is 4.04. The minimum Gasteiger partial charge on any atom is -0.448 e. The second kappa shape index (κ2) is 5.53. The van der Waals surface area contributed by atoms with Gasteiger partial charge in [-0.2, -0.15) is 0 Å². The molecule has 0 aromatic rings. The number of carbonyl (C=O) groups excluding carboxylic acids is 1. The highest BCUT2D eigenvalue weighted by Crippen LogP contribution is 2.21. The zero-order valence-corrected chi connectivity index (χ0v) is 10.2. The zero-order valence-electron chi connectivity index (χ0n) is 10.2. The SMILES string of the molecule is CN1CCC(CCCN2CCOC2=O)CC1. The quantitative estimate of drug-likeness (QED) is 0.729. The van der Waals surface area contributed by atoms with Crippen molar-refractivity contribution in [3.8, 4) is 0 Å².